The van der Waals surface area contributed by atoms with E-state index in [1.54, 1.807) is 6.07 Å². The largest absolute Gasteiger partial charge is 0.465 e. The molecule has 7 nitrogen and oxygen atoms in total. The van der Waals surface area contributed by atoms with E-state index in [1.807, 2.05) is 22.9 Å². The average molecular weight is 411 g/mol. The molecule has 0 bridgehead atoms. The van der Waals surface area contributed by atoms with Crippen LogP contribution in [0.1, 0.15) is 15.4 Å². The number of nitrogens with zero attached hydrogens (tertiary/aromatic N) is 3. The zero-order chi connectivity index (χ0) is 18.5. The summed E-state index contributed by atoms with van der Waals surface area (Å²) < 4.78 is 0.739. The first-order valence-electron chi connectivity index (χ1n) is 7.71. The molecule has 0 unspecified atom stereocenters. The SMILES string of the molecule is O=C(c1cccs1)c1nc(NCCN(CCCl)C(=O)O)nc2ccsc12. The summed E-state index contributed by atoms with van der Waals surface area (Å²) in [4.78, 5) is 34.4. The van der Waals surface area contributed by atoms with E-state index < -0.39 is 6.09 Å². The predicted molar refractivity (Wildman–Crippen MR) is 104 cm³/mol. The molecule has 10 heteroatoms. The van der Waals surface area contributed by atoms with E-state index in [2.05, 4.69) is 15.3 Å². The number of rotatable bonds is 8. The third kappa shape index (κ3) is 4.12. The Morgan fingerprint density at radius 1 is 1.19 bits per heavy atom. The highest BCUT2D eigenvalue weighted by molar-refractivity contribution is 7.17. The van der Waals surface area contributed by atoms with Crippen LogP contribution in [-0.4, -0.2) is 57.4 Å². The molecule has 3 aromatic heterocycles. The number of hydrogen-bond acceptors (Lipinski definition) is 7. The smallest absolute Gasteiger partial charge is 0.407 e. The van der Waals surface area contributed by atoms with E-state index in [0.717, 1.165) is 4.70 Å². The number of amides is 1. The fourth-order valence-corrected chi connectivity index (χ4v) is 4.01. The number of nitrogens with one attached hydrogen (secondary N) is 1. The minimum atomic E-state index is -1.03. The highest BCUT2D eigenvalue weighted by atomic mass is 35.5. The van der Waals surface area contributed by atoms with Crippen LogP contribution in [0, 0.1) is 0 Å². The van der Waals surface area contributed by atoms with Crippen molar-refractivity contribution in [2.45, 2.75) is 0 Å². The van der Waals surface area contributed by atoms with Crippen LogP contribution in [0.5, 0.6) is 0 Å². The summed E-state index contributed by atoms with van der Waals surface area (Å²) >= 11 is 8.39. The Balaban J connectivity index is 1.79. The molecule has 0 aliphatic heterocycles. The van der Waals surface area contributed by atoms with Crippen molar-refractivity contribution < 1.29 is 14.7 Å². The normalized spacial score (nSPS) is 10.8. The van der Waals surface area contributed by atoms with Gasteiger partial charge in [0.15, 0.2) is 0 Å². The minimum Gasteiger partial charge on any atom is -0.465 e. The van der Waals surface area contributed by atoms with Crippen molar-refractivity contribution in [2.24, 2.45) is 0 Å². The van der Waals surface area contributed by atoms with Crippen molar-refractivity contribution in [3.63, 3.8) is 0 Å². The van der Waals surface area contributed by atoms with Crippen molar-refractivity contribution >= 4 is 62.3 Å². The Morgan fingerprint density at radius 3 is 2.73 bits per heavy atom. The van der Waals surface area contributed by atoms with Crippen LogP contribution in [0.25, 0.3) is 10.2 Å². The molecule has 1 amide bonds. The van der Waals surface area contributed by atoms with Gasteiger partial charge in [-0.3, -0.25) is 4.79 Å². The third-order valence-corrected chi connectivity index (χ3v) is 5.50. The Bertz CT molecular complexity index is 914. The van der Waals surface area contributed by atoms with E-state index in [4.69, 9.17) is 16.7 Å². The number of carboxylic acid groups (broad SMARTS) is 1. The summed E-state index contributed by atoms with van der Waals surface area (Å²) in [5.41, 5.74) is 1.04. The first-order valence-corrected chi connectivity index (χ1v) is 10.0. The molecule has 136 valence electrons. The van der Waals surface area contributed by atoms with Crippen LogP contribution in [0.2, 0.25) is 0 Å². The summed E-state index contributed by atoms with van der Waals surface area (Å²) in [7, 11) is 0. The summed E-state index contributed by atoms with van der Waals surface area (Å²) in [5, 5.41) is 15.8. The molecule has 0 aliphatic carbocycles. The zero-order valence-electron chi connectivity index (χ0n) is 13.5. The highest BCUT2D eigenvalue weighted by Crippen LogP contribution is 2.26. The topological polar surface area (TPSA) is 95.4 Å². The van der Waals surface area contributed by atoms with E-state index >= 15 is 0 Å². The van der Waals surface area contributed by atoms with Gasteiger partial charge < -0.3 is 15.3 Å². The van der Waals surface area contributed by atoms with Crippen LogP contribution in [0.4, 0.5) is 10.7 Å². The lowest BCUT2D eigenvalue weighted by atomic mass is 10.2. The number of anilines is 1. The fraction of sp³-hybridized carbons (Fsp3) is 0.250. The zero-order valence-corrected chi connectivity index (χ0v) is 15.9. The lowest BCUT2D eigenvalue weighted by Crippen LogP contribution is -2.35. The van der Waals surface area contributed by atoms with Gasteiger partial charge in [-0.1, -0.05) is 6.07 Å². The second kappa shape index (κ2) is 8.43. The number of aromatic nitrogens is 2. The second-order valence-electron chi connectivity index (χ2n) is 5.22. The van der Waals surface area contributed by atoms with E-state index in [1.165, 1.54) is 27.6 Å². The van der Waals surface area contributed by atoms with Gasteiger partial charge in [0, 0.05) is 25.5 Å². The molecule has 0 radical (unpaired) electrons. The number of hydrogen-bond donors (Lipinski definition) is 2. The molecule has 3 heterocycles. The maximum absolute atomic E-state index is 12.7. The van der Waals surface area contributed by atoms with Crippen LogP contribution < -0.4 is 5.32 Å². The molecular weight excluding hydrogens is 396 g/mol. The summed E-state index contributed by atoms with van der Waals surface area (Å²) in [6.07, 6.45) is -1.03. The van der Waals surface area contributed by atoms with Crippen molar-refractivity contribution in [3.8, 4) is 0 Å². The van der Waals surface area contributed by atoms with Gasteiger partial charge in [0.1, 0.15) is 5.69 Å². The van der Waals surface area contributed by atoms with Gasteiger partial charge in [-0.05, 0) is 22.9 Å². The van der Waals surface area contributed by atoms with Gasteiger partial charge in [0.25, 0.3) is 0 Å². The first kappa shape index (κ1) is 18.6. The molecule has 26 heavy (non-hydrogen) atoms. The Morgan fingerprint density at radius 2 is 2.04 bits per heavy atom. The molecule has 2 N–H and O–H groups in total. The van der Waals surface area contributed by atoms with E-state index in [-0.39, 0.29) is 24.8 Å². The molecule has 3 rings (SSSR count). The van der Waals surface area contributed by atoms with Crippen molar-refractivity contribution in [3.05, 3.63) is 39.5 Å². The quantitative estimate of drug-likeness (QED) is 0.435. The van der Waals surface area contributed by atoms with Gasteiger partial charge in [0.2, 0.25) is 11.7 Å². The number of halogens is 1. The summed E-state index contributed by atoms with van der Waals surface area (Å²) in [5.74, 6) is 0.377. The summed E-state index contributed by atoms with van der Waals surface area (Å²) in [6.45, 7) is 0.790. The van der Waals surface area contributed by atoms with Gasteiger partial charge in [-0.25, -0.2) is 14.8 Å². The van der Waals surface area contributed by atoms with Gasteiger partial charge in [0.05, 0.1) is 15.1 Å². The van der Waals surface area contributed by atoms with Gasteiger partial charge >= 0.3 is 6.09 Å². The van der Waals surface area contributed by atoms with Crippen LogP contribution in [0.15, 0.2) is 29.0 Å². The summed E-state index contributed by atoms with van der Waals surface area (Å²) in [6, 6.07) is 5.41. The second-order valence-corrected chi connectivity index (χ2v) is 7.46. The van der Waals surface area contributed by atoms with E-state index in [9.17, 15) is 9.59 Å². The third-order valence-electron chi connectivity index (χ3n) is 3.55. The maximum Gasteiger partial charge on any atom is 0.407 e. The Hall–Kier alpha value is -2.23. The van der Waals surface area contributed by atoms with Gasteiger partial charge in [-0.2, -0.15) is 0 Å². The minimum absolute atomic E-state index is 0.146. The average Bonchev–Trinajstić information content (AvgIpc) is 3.31. The molecule has 0 atom stereocenters. The standard InChI is InChI=1S/C16H15ClN4O3S2/c17-4-6-21(16(23)24)7-5-18-15-19-10-3-9-26-14(10)12(20-15)13(22)11-2-1-8-25-11/h1-3,8-9H,4-7H2,(H,23,24)(H,18,19,20). The molecule has 0 fully saturated rings. The molecule has 0 saturated carbocycles. The molecule has 3 aromatic rings. The predicted octanol–water partition coefficient (Wildman–Crippen LogP) is 3.61. The van der Waals surface area contributed by atoms with Crippen molar-refractivity contribution in [1.82, 2.24) is 14.9 Å². The number of ketones is 1. The molecule has 0 saturated heterocycles. The molecular formula is C16H15ClN4O3S2. The first-order chi connectivity index (χ1) is 12.6. The molecule has 0 aliphatic rings. The van der Waals surface area contributed by atoms with Gasteiger partial charge in [-0.15, -0.1) is 34.3 Å². The van der Waals surface area contributed by atoms with Crippen LogP contribution in [-0.2, 0) is 0 Å². The number of carbonyl (C=O) groups excluding carboxylic acids is 1. The number of thiophene rings is 2. The van der Waals surface area contributed by atoms with Crippen molar-refractivity contribution in [1.29, 1.82) is 0 Å². The molecule has 0 spiro atoms. The fourth-order valence-electron chi connectivity index (χ4n) is 2.33. The van der Waals surface area contributed by atoms with Crippen LogP contribution in [0.3, 0.4) is 0 Å². The molecule has 0 aromatic carbocycles. The monoisotopic (exact) mass is 410 g/mol. The number of alkyl halides is 1. The van der Waals surface area contributed by atoms with Crippen molar-refractivity contribution in [2.75, 3.05) is 30.8 Å². The lowest BCUT2D eigenvalue weighted by Gasteiger charge is -2.18. The lowest BCUT2D eigenvalue weighted by molar-refractivity contribution is 0.103. The van der Waals surface area contributed by atoms with E-state index in [0.29, 0.717) is 28.6 Å². The Labute approximate surface area is 162 Å². The Kier molecular flexibility index (Phi) is 6.02. The number of fused-ring (bicyclic) bond motifs is 1. The van der Waals surface area contributed by atoms with Crippen LogP contribution >= 0.6 is 34.3 Å². The number of carbonyl (C=O) groups is 2. The highest BCUT2D eigenvalue weighted by Gasteiger charge is 2.19. The maximum atomic E-state index is 12.7.